The van der Waals surface area contributed by atoms with Gasteiger partial charge in [-0.15, -0.1) is 0 Å². The first kappa shape index (κ1) is 24.2. The van der Waals surface area contributed by atoms with Crippen LogP contribution in [0.2, 0.25) is 5.02 Å². The molecule has 12 heteroatoms. The number of aliphatic hydroxyl groups is 1. The van der Waals surface area contributed by atoms with Crippen LogP contribution in [0.4, 0.5) is 11.4 Å². The number of nitrogens with one attached hydrogen (secondary N) is 2. The Morgan fingerprint density at radius 3 is 2.58 bits per heavy atom. The average molecular weight is 476 g/mol. The van der Waals surface area contributed by atoms with Gasteiger partial charge in [-0.05, 0) is 37.3 Å². The molecule has 1 aliphatic rings. The molecule has 0 bridgehead atoms. The molecule has 3 rings (SSSR count). The van der Waals surface area contributed by atoms with Crippen LogP contribution in [0.3, 0.4) is 0 Å². The molecule has 33 heavy (non-hydrogen) atoms. The number of non-ortho nitro benzene ring substituents is 1. The molecule has 2 aromatic rings. The number of anilines is 1. The molecule has 0 aromatic heterocycles. The lowest BCUT2D eigenvalue weighted by Gasteiger charge is -2.45. The molecule has 0 unspecified atom stereocenters. The Balaban J connectivity index is 2.12. The topological polar surface area (TPSA) is 151 Å². The van der Waals surface area contributed by atoms with Gasteiger partial charge in [-0.25, -0.2) is 4.99 Å². The Bertz CT molecular complexity index is 1090. The molecule has 2 aromatic carbocycles. The van der Waals surface area contributed by atoms with Crippen molar-refractivity contribution in [1.82, 2.24) is 5.32 Å². The number of ether oxygens (including phenoxy) is 3. The summed E-state index contributed by atoms with van der Waals surface area (Å²) in [7, 11) is 2.79. The zero-order valence-electron chi connectivity index (χ0n) is 18.0. The van der Waals surface area contributed by atoms with E-state index in [1.165, 1.54) is 32.4 Å². The SMILES string of the molecule is COC(OC)[C@@]1(C)Oc2ccc([N+](=O)[O-])cc2[C@@H](N=C(NC#N)Nc2ccc(Cl)cc2)[C@@H]1O. The van der Waals surface area contributed by atoms with Gasteiger partial charge in [0, 0.05) is 42.6 Å². The fourth-order valence-corrected chi connectivity index (χ4v) is 3.73. The van der Waals surface area contributed by atoms with E-state index in [0.29, 0.717) is 10.7 Å². The molecular weight excluding hydrogens is 454 g/mol. The molecule has 0 fully saturated rings. The van der Waals surface area contributed by atoms with E-state index in [1.54, 1.807) is 37.4 Å². The Labute approximate surface area is 194 Å². The van der Waals surface area contributed by atoms with Crippen molar-refractivity contribution in [3.63, 3.8) is 0 Å². The number of benzene rings is 2. The standard InChI is InChI=1S/C21H22ClN5O6/c1-21(19(31-2)32-3)18(28)17(15-10-14(27(29)30)8-9-16(15)33-21)26-20(24-11-23)25-13-6-4-12(22)5-7-13/h4-10,17-19,28H,1-3H3,(H2,24,25,26)/t17-,18+,21+/m1/s1. The minimum atomic E-state index is -1.43. The van der Waals surface area contributed by atoms with Crippen molar-refractivity contribution in [2.75, 3.05) is 19.5 Å². The highest BCUT2D eigenvalue weighted by atomic mass is 35.5. The lowest BCUT2D eigenvalue weighted by Crippen LogP contribution is -2.59. The number of guanidine groups is 1. The quantitative estimate of drug-likeness (QED) is 0.109. The maximum atomic E-state index is 11.3. The summed E-state index contributed by atoms with van der Waals surface area (Å²) in [6.07, 6.45) is -0.587. The lowest BCUT2D eigenvalue weighted by atomic mass is 9.84. The molecule has 0 saturated heterocycles. The van der Waals surface area contributed by atoms with Crippen LogP contribution < -0.4 is 15.4 Å². The van der Waals surface area contributed by atoms with E-state index in [4.69, 9.17) is 25.8 Å². The third kappa shape index (κ3) is 4.99. The summed E-state index contributed by atoms with van der Waals surface area (Å²) in [6.45, 7) is 1.58. The second kappa shape index (κ2) is 10.0. The van der Waals surface area contributed by atoms with Crippen molar-refractivity contribution in [2.45, 2.75) is 31.0 Å². The van der Waals surface area contributed by atoms with Crippen molar-refractivity contribution in [2.24, 2.45) is 4.99 Å². The van der Waals surface area contributed by atoms with Gasteiger partial charge in [0.2, 0.25) is 5.96 Å². The summed E-state index contributed by atoms with van der Waals surface area (Å²) < 4.78 is 16.7. The van der Waals surface area contributed by atoms with E-state index in [0.717, 1.165) is 0 Å². The minimum absolute atomic E-state index is 0.00281. The number of nitriles is 1. The third-order valence-electron chi connectivity index (χ3n) is 5.18. The number of hydrogen-bond donors (Lipinski definition) is 3. The van der Waals surface area contributed by atoms with Crippen molar-refractivity contribution in [3.05, 3.63) is 63.2 Å². The highest BCUT2D eigenvalue weighted by Gasteiger charge is 2.52. The Hall–Kier alpha value is -3.43. The molecule has 3 atom stereocenters. The smallest absolute Gasteiger partial charge is 0.270 e. The number of rotatable bonds is 6. The Kier molecular flexibility index (Phi) is 7.35. The molecular formula is C21H22ClN5O6. The molecule has 0 saturated carbocycles. The van der Waals surface area contributed by atoms with Crippen LogP contribution in [0.5, 0.6) is 5.75 Å². The van der Waals surface area contributed by atoms with Gasteiger partial charge in [0.05, 0.1) is 4.92 Å². The molecule has 1 heterocycles. The zero-order chi connectivity index (χ0) is 24.2. The summed E-state index contributed by atoms with van der Waals surface area (Å²) >= 11 is 5.92. The minimum Gasteiger partial charge on any atom is -0.479 e. The van der Waals surface area contributed by atoms with Crippen LogP contribution >= 0.6 is 11.6 Å². The summed E-state index contributed by atoms with van der Waals surface area (Å²) in [6, 6.07) is 9.54. The van der Waals surface area contributed by atoms with Gasteiger partial charge < -0.3 is 24.6 Å². The molecule has 0 amide bonds. The maximum Gasteiger partial charge on any atom is 0.270 e. The lowest BCUT2D eigenvalue weighted by molar-refractivity contribution is -0.385. The molecule has 0 spiro atoms. The number of nitro benzene ring substituents is 1. The fourth-order valence-electron chi connectivity index (χ4n) is 3.60. The van der Waals surface area contributed by atoms with Crippen molar-refractivity contribution < 1.29 is 24.2 Å². The van der Waals surface area contributed by atoms with Crippen molar-refractivity contribution >= 4 is 28.9 Å². The van der Waals surface area contributed by atoms with Gasteiger partial charge in [0.1, 0.15) is 17.9 Å². The second-order valence-corrected chi connectivity index (χ2v) is 7.74. The normalized spacial score (nSPS) is 22.2. The van der Waals surface area contributed by atoms with Gasteiger partial charge >= 0.3 is 0 Å². The van der Waals surface area contributed by atoms with Crippen molar-refractivity contribution in [1.29, 1.82) is 5.26 Å². The van der Waals surface area contributed by atoms with E-state index in [2.05, 4.69) is 15.6 Å². The van der Waals surface area contributed by atoms with E-state index >= 15 is 0 Å². The van der Waals surface area contributed by atoms with Gasteiger partial charge in [0.15, 0.2) is 18.1 Å². The summed E-state index contributed by atoms with van der Waals surface area (Å²) in [5, 5.41) is 37.7. The molecule has 0 aliphatic carbocycles. The van der Waals surface area contributed by atoms with Gasteiger partial charge in [-0.1, -0.05) is 11.6 Å². The molecule has 3 N–H and O–H groups in total. The predicted octanol–water partition coefficient (Wildman–Crippen LogP) is 2.96. The highest BCUT2D eigenvalue weighted by molar-refractivity contribution is 6.30. The second-order valence-electron chi connectivity index (χ2n) is 7.30. The molecule has 0 radical (unpaired) electrons. The van der Waals surface area contributed by atoms with Crippen LogP contribution in [0.15, 0.2) is 47.5 Å². The Morgan fingerprint density at radius 1 is 1.33 bits per heavy atom. The van der Waals surface area contributed by atoms with Crippen LogP contribution in [-0.2, 0) is 9.47 Å². The van der Waals surface area contributed by atoms with Gasteiger partial charge in [-0.2, -0.15) is 5.26 Å². The third-order valence-corrected chi connectivity index (χ3v) is 5.44. The zero-order valence-corrected chi connectivity index (χ0v) is 18.7. The van der Waals surface area contributed by atoms with Crippen molar-refractivity contribution in [3.8, 4) is 11.9 Å². The number of hydrogen-bond acceptors (Lipinski definition) is 8. The van der Waals surface area contributed by atoms with Gasteiger partial charge in [0.25, 0.3) is 5.69 Å². The number of nitrogens with zero attached hydrogens (tertiary/aromatic N) is 3. The fraction of sp³-hybridized carbons (Fsp3) is 0.333. The molecule has 1 aliphatic heterocycles. The predicted molar refractivity (Wildman–Crippen MR) is 120 cm³/mol. The van der Waals surface area contributed by atoms with E-state index < -0.39 is 29.0 Å². The molecule has 174 valence electrons. The summed E-state index contributed by atoms with van der Waals surface area (Å²) in [5.41, 5.74) is -0.811. The highest BCUT2D eigenvalue weighted by Crippen LogP contribution is 2.45. The van der Waals surface area contributed by atoms with Crippen LogP contribution in [0.25, 0.3) is 0 Å². The number of methoxy groups -OCH3 is 2. The average Bonchev–Trinajstić information content (AvgIpc) is 2.79. The monoisotopic (exact) mass is 475 g/mol. The number of aliphatic hydroxyl groups excluding tert-OH is 1. The maximum absolute atomic E-state index is 11.3. The first-order valence-corrected chi connectivity index (χ1v) is 10.1. The number of fused-ring (bicyclic) bond motifs is 1. The number of aliphatic imine (C=N–C) groups is 1. The largest absolute Gasteiger partial charge is 0.479 e. The van der Waals surface area contributed by atoms with E-state index in [9.17, 15) is 20.5 Å². The summed E-state index contributed by atoms with van der Waals surface area (Å²) in [5.74, 6) is 0.251. The molecule has 11 nitrogen and oxygen atoms in total. The first-order valence-electron chi connectivity index (χ1n) is 9.70. The van der Waals surface area contributed by atoms with Crippen LogP contribution in [0, 0.1) is 21.6 Å². The van der Waals surface area contributed by atoms with E-state index in [-0.39, 0.29) is 23.0 Å². The number of halogens is 1. The summed E-state index contributed by atoms with van der Waals surface area (Å²) in [4.78, 5) is 15.3. The van der Waals surface area contributed by atoms with Crippen LogP contribution in [-0.4, -0.2) is 48.2 Å². The van der Waals surface area contributed by atoms with Gasteiger partial charge in [-0.3, -0.25) is 15.4 Å². The Morgan fingerprint density at radius 2 is 2.00 bits per heavy atom. The number of nitro groups is 1. The van der Waals surface area contributed by atoms with E-state index in [1.807, 2.05) is 0 Å². The van der Waals surface area contributed by atoms with Crippen LogP contribution in [0.1, 0.15) is 18.5 Å². The first-order chi connectivity index (χ1) is 15.7.